The maximum Gasteiger partial charge on any atom is 0.325 e. The van der Waals surface area contributed by atoms with Gasteiger partial charge in [0.2, 0.25) is 5.91 Å². The molecule has 1 atom stereocenters. The Labute approximate surface area is 158 Å². The second-order valence-electron chi connectivity index (χ2n) is 6.32. The fourth-order valence-corrected chi connectivity index (χ4v) is 3.20. The molecule has 0 bridgehead atoms. The quantitative estimate of drug-likeness (QED) is 0.760. The minimum Gasteiger partial charge on any atom is -0.465 e. The Kier molecular flexibility index (Phi) is 5.86. The number of nitrogens with zero attached hydrogens (tertiary/aromatic N) is 1. The number of hydrogen-bond acceptors (Lipinski definition) is 4. The first-order chi connectivity index (χ1) is 13.1. The van der Waals surface area contributed by atoms with Crippen LogP contribution >= 0.6 is 0 Å². The van der Waals surface area contributed by atoms with Gasteiger partial charge in [0, 0.05) is 18.5 Å². The molecule has 27 heavy (non-hydrogen) atoms. The molecule has 0 saturated heterocycles. The fourth-order valence-electron chi connectivity index (χ4n) is 3.20. The van der Waals surface area contributed by atoms with Gasteiger partial charge in [-0.05, 0) is 24.1 Å². The summed E-state index contributed by atoms with van der Waals surface area (Å²) in [4.78, 5) is 38.8. The van der Waals surface area contributed by atoms with Crippen LogP contribution in [0, 0.1) is 0 Å². The minimum atomic E-state index is -0.707. The molecule has 0 fully saturated rings. The summed E-state index contributed by atoms with van der Waals surface area (Å²) in [5.74, 6) is -1.04. The highest BCUT2D eigenvalue weighted by Gasteiger charge is 2.36. The molecule has 0 saturated carbocycles. The van der Waals surface area contributed by atoms with Crippen molar-refractivity contribution in [3.8, 4) is 0 Å². The van der Waals surface area contributed by atoms with E-state index in [0.29, 0.717) is 18.5 Å². The molecule has 1 aliphatic rings. The van der Waals surface area contributed by atoms with E-state index in [0.717, 1.165) is 11.1 Å². The number of rotatable bonds is 7. The van der Waals surface area contributed by atoms with Crippen molar-refractivity contribution in [1.29, 1.82) is 0 Å². The Hall–Kier alpha value is -3.15. The zero-order valence-corrected chi connectivity index (χ0v) is 15.2. The van der Waals surface area contributed by atoms with Gasteiger partial charge in [-0.1, -0.05) is 48.5 Å². The molecule has 1 unspecified atom stereocenters. The van der Waals surface area contributed by atoms with Crippen molar-refractivity contribution in [1.82, 2.24) is 10.2 Å². The molecule has 2 aromatic rings. The molecule has 6 nitrogen and oxygen atoms in total. The molecule has 1 N–H and O–H groups in total. The summed E-state index contributed by atoms with van der Waals surface area (Å²) < 4.78 is 4.85. The fraction of sp³-hybridized carbons (Fsp3) is 0.286. The van der Waals surface area contributed by atoms with Gasteiger partial charge in [0.1, 0.15) is 12.6 Å². The van der Waals surface area contributed by atoms with E-state index in [1.807, 2.05) is 48.5 Å². The van der Waals surface area contributed by atoms with Crippen LogP contribution in [0.25, 0.3) is 0 Å². The number of carbonyl (C=O) groups is 3. The largest absolute Gasteiger partial charge is 0.465 e. The lowest BCUT2D eigenvalue weighted by atomic mass is 10.0. The van der Waals surface area contributed by atoms with E-state index in [1.54, 1.807) is 17.9 Å². The molecule has 6 heteroatoms. The van der Waals surface area contributed by atoms with E-state index in [-0.39, 0.29) is 25.0 Å². The van der Waals surface area contributed by atoms with Crippen LogP contribution in [0.1, 0.15) is 28.4 Å². The smallest absolute Gasteiger partial charge is 0.325 e. The van der Waals surface area contributed by atoms with E-state index in [1.165, 1.54) is 0 Å². The maximum absolute atomic E-state index is 12.8. The van der Waals surface area contributed by atoms with Gasteiger partial charge >= 0.3 is 5.97 Å². The van der Waals surface area contributed by atoms with Crippen LogP contribution in [0.5, 0.6) is 0 Å². The number of esters is 1. The van der Waals surface area contributed by atoms with Crippen LogP contribution in [0.15, 0.2) is 54.6 Å². The van der Waals surface area contributed by atoms with Gasteiger partial charge in [0.25, 0.3) is 5.91 Å². The normalized spacial score (nSPS) is 13.8. The molecule has 2 amide bonds. The second-order valence-corrected chi connectivity index (χ2v) is 6.32. The molecule has 1 aliphatic heterocycles. The summed E-state index contributed by atoms with van der Waals surface area (Å²) in [6, 6.07) is 16.2. The van der Waals surface area contributed by atoms with Gasteiger partial charge in [-0.3, -0.25) is 14.4 Å². The molecular weight excluding hydrogens is 344 g/mol. The van der Waals surface area contributed by atoms with Gasteiger partial charge in [0.15, 0.2) is 0 Å². The summed E-state index contributed by atoms with van der Waals surface area (Å²) in [7, 11) is 0. The monoisotopic (exact) mass is 366 g/mol. The Bertz CT molecular complexity index is 835. The predicted octanol–water partition coefficient (Wildman–Crippen LogP) is 1.93. The van der Waals surface area contributed by atoms with Crippen LogP contribution in [0.2, 0.25) is 0 Å². The predicted molar refractivity (Wildman–Crippen MR) is 99.9 cm³/mol. The number of ether oxygens (including phenoxy) is 1. The second kappa shape index (κ2) is 8.49. The zero-order valence-electron chi connectivity index (χ0n) is 15.2. The van der Waals surface area contributed by atoms with Crippen LogP contribution in [-0.4, -0.2) is 41.9 Å². The summed E-state index contributed by atoms with van der Waals surface area (Å²) in [5, 5.41) is 2.60. The van der Waals surface area contributed by atoms with Crippen molar-refractivity contribution in [2.75, 3.05) is 13.2 Å². The van der Waals surface area contributed by atoms with Gasteiger partial charge in [-0.2, -0.15) is 0 Å². The van der Waals surface area contributed by atoms with Crippen molar-refractivity contribution in [3.05, 3.63) is 71.3 Å². The van der Waals surface area contributed by atoms with E-state index in [9.17, 15) is 14.4 Å². The molecule has 0 aliphatic carbocycles. The third-order valence-electron chi connectivity index (χ3n) is 4.51. The molecule has 0 spiro atoms. The van der Waals surface area contributed by atoms with E-state index < -0.39 is 12.0 Å². The number of fused-ring (bicyclic) bond motifs is 1. The Morgan fingerprint density at radius 1 is 1.11 bits per heavy atom. The van der Waals surface area contributed by atoms with Crippen molar-refractivity contribution in [2.24, 2.45) is 0 Å². The van der Waals surface area contributed by atoms with Crippen molar-refractivity contribution in [2.45, 2.75) is 25.9 Å². The first-order valence-corrected chi connectivity index (χ1v) is 8.96. The van der Waals surface area contributed by atoms with Gasteiger partial charge in [-0.25, -0.2) is 0 Å². The Morgan fingerprint density at radius 2 is 1.81 bits per heavy atom. The molecule has 1 heterocycles. The highest BCUT2D eigenvalue weighted by Crippen LogP contribution is 2.25. The summed E-state index contributed by atoms with van der Waals surface area (Å²) in [6.45, 7) is 2.12. The molecule has 0 radical (unpaired) electrons. The average Bonchev–Trinajstić information content (AvgIpc) is 3.02. The highest BCUT2D eigenvalue weighted by atomic mass is 16.5. The third kappa shape index (κ3) is 4.34. The maximum atomic E-state index is 12.8. The molecule has 2 aromatic carbocycles. The summed E-state index contributed by atoms with van der Waals surface area (Å²) in [6.07, 6.45) is 0.370. The molecular formula is C21H22N2O4. The van der Waals surface area contributed by atoms with Crippen molar-refractivity contribution >= 4 is 17.8 Å². The Morgan fingerprint density at radius 3 is 2.52 bits per heavy atom. The van der Waals surface area contributed by atoms with Crippen LogP contribution in [0.3, 0.4) is 0 Å². The van der Waals surface area contributed by atoms with Gasteiger partial charge in [0.05, 0.1) is 6.61 Å². The molecule has 140 valence electrons. The third-order valence-corrected chi connectivity index (χ3v) is 4.51. The first-order valence-electron chi connectivity index (χ1n) is 8.96. The van der Waals surface area contributed by atoms with Crippen molar-refractivity contribution < 1.29 is 19.1 Å². The summed E-state index contributed by atoms with van der Waals surface area (Å²) in [5.41, 5.74) is 2.46. The standard InChI is InChI=1S/C21H22N2O4/c1-2-27-19(24)13-22-20(25)18(12-15-8-4-3-5-9-15)23-14-16-10-6-7-11-17(16)21(23)26/h3-11,18H,2,12-14H2,1H3,(H,22,25). The Balaban J connectivity index is 1.79. The lowest BCUT2D eigenvalue weighted by molar-refractivity contribution is -0.143. The van der Waals surface area contributed by atoms with Gasteiger partial charge < -0.3 is 15.0 Å². The lowest BCUT2D eigenvalue weighted by Gasteiger charge is -2.27. The number of benzene rings is 2. The molecule has 3 rings (SSSR count). The van der Waals surface area contributed by atoms with Crippen LogP contribution in [-0.2, 0) is 27.3 Å². The van der Waals surface area contributed by atoms with Crippen LogP contribution < -0.4 is 5.32 Å². The van der Waals surface area contributed by atoms with E-state index in [4.69, 9.17) is 4.74 Å². The number of nitrogens with one attached hydrogen (secondary N) is 1. The van der Waals surface area contributed by atoms with Crippen LogP contribution in [0.4, 0.5) is 0 Å². The lowest BCUT2D eigenvalue weighted by Crippen LogP contribution is -2.49. The topological polar surface area (TPSA) is 75.7 Å². The molecule has 0 aromatic heterocycles. The summed E-state index contributed by atoms with van der Waals surface area (Å²) >= 11 is 0. The minimum absolute atomic E-state index is 0.169. The SMILES string of the molecule is CCOC(=O)CNC(=O)C(Cc1ccccc1)N1Cc2ccccc2C1=O. The average molecular weight is 366 g/mol. The first kappa shape index (κ1) is 18.6. The van der Waals surface area contributed by atoms with E-state index >= 15 is 0 Å². The van der Waals surface area contributed by atoms with Crippen molar-refractivity contribution in [3.63, 3.8) is 0 Å². The van der Waals surface area contributed by atoms with E-state index in [2.05, 4.69) is 5.32 Å². The number of carbonyl (C=O) groups excluding carboxylic acids is 3. The zero-order chi connectivity index (χ0) is 19.2. The number of amides is 2. The number of hydrogen-bond donors (Lipinski definition) is 1. The van der Waals surface area contributed by atoms with Gasteiger partial charge in [-0.15, -0.1) is 0 Å². The highest BCUT2D eigenvalue weighted by molar-refractivity contribution is 6.01.